The summed E-state index contributed by atoms with van der Waals surface area (Å²) in [6.45, 7) is 9.28. The van der Waals surface area contributed by atoms with Gasteiger partial charge in [0.25, 0.3) is 0 Å². The molecule has 0 aromatic heterocycles. The lowest BCUT2D eigenvalue weighted by molar-refractivity contribution is -0.130. The van der Waals surface area contributed by atoms with Crippen LogP contribution in [0.15, 0.2) is 107 Å². The molecule has 0 spiro atoms. The quantitative estimate of drug-likeness (QED) is 0.143. The first-order chi connectivity index (χ1) is 28.8. The number of hydrogen-bond donors (Lipinski definition) is 1. The van der Waals surface area contributed by atoms with E-state index in [2.05, 4.69) is 15.1 Å². The molecule has 10 nitrogen and oxygen atoms in total. The van der Waals surface area contributed by atoms with Gasteiger partial charge in [0.05, 0.1) is 35.3 Å². The Kier molecular flexibility index (Phi) is 16.0. The zero-order chi connectivity index (χ0) is 43.0. The molecule has 2 unspecified atom stereocenters. The van der Waals surface area contributed by atoms with Crippen molar-refractivity contribution in [1.82, 2.24) is 9.80 Å². The van der Waals surface area contributed by atoms with E-state index >= 15 is 0 Å². The SMILES string of the molecule is C.CC(=O)C1=NN(c2cc(Cl)ccc2F)CC1(CCCN1CCN(C(C)=O)CC1)c1ccccc1.CC(=O)C1=NN(c2cc(Cl)ccc2F)CC1(CCCO)c1ccccc1. The highest BCUT2D eigenvalue weighted by Gasteiger charge is 2.48. The Balaban J connectivity index is 0.000000235. The van der Waals surface area contributed by atoms with E-state index in [0.29, 0.717) is 53.8 Å². The van der Waals surface area contributed by atoms with Crippen molar-refractivity contribution < 1.29 is 28.3 Å². The van der Waals surface area contributed by atoms with E-state index in [1.807, 2.05) is 65.6 Å². The summed E-state index contributed by atoms with van der Waals surface area (Å²) in [7, 11) is 0. The van der Waals surface area contributed by atoms with Crippen LogP contribution < -0.4 is 10.0 Å². The third-order valence-corrected chi connectivity index (χ3v) is 12.0. The number of halogens is 4. The second-order valence-corrected chi connectivity index (χ2v) is 16.4. The summed E-state index contributed by atoms with van der Waals surface area (Å²) >= 11 is 12.2. The summed E-state index contributed by atoms with van der Waals surface area (Å²) < 4.78 is 29.1. The molecule has 14 heteroatoms. The van der Waals surface area contributed by atoms with Crippen LogP contribution in [-0.4, -0.2) is 96.2 Å². The number of rotatable bonds is 13. The fourth-order valence-electron chi connectivity index (χ4n) is 8.55. The van der Waals surface area contributed by atoms with Gasteiger partial charge in [-0.25, -0.2) is 8.78 Å². The van der Waals surface area contributed by atoms with Crippen LogP contribution in [0.1, 0.15) is 65.0 Å². The molecule has 3 aliphatic rings. The van der Waals surface area contributed by atoms with Crippen LogP contribution >= 0.6 is 23.2 Å². The number of ketones is 2. The van der Waals surface area contributed by atoms with E-state index in [1.54, 1.807) is 18.0 Å². The monoisotopic (exact) mass is 874 g/mol. The van der Waals surface area contributed by atoms with E-state index in [0.717, 1.165) is 50.3 Å². The Hall–Kier alpha value is -5.01. The van der Waals surface area contributed by atoms with Crippen molar-refractivity contribution >= 4 is 63.5 Å². The van der Waals surface area contributed by atoms with Crippen molar-refractivity contribution in [3.63, 3.8) is 0 Å². The minimum atomic E-state index is -0.704. The van der Waals surface area contributed by atoms with E-state index in [9.17, 15) is 28.3 Å². The number of nitrogens with zero attached hydrogens (tertiary/aromatic N) is 6. The van der Waals surface area contributed by atoms with Gasteiger partial charge in [0.15, 0.2) is 11.6 Å². The Morgan fingerprint density at radius 3 is 1.48 bits per heavy atom. The summed E-state index contributed by atoms with van der Waals surface area (Å²) in [4.78, 5) is 41.0. The fraction of sp³-hybridized carbons (Fsp3) is 0.383. The molecule has 1 saturated heterocycles. The van der Waals surface area contributed by atoms with Crippen LogP contribution in [0.25, 0.3) is 0 Å². The predicted octanol–water partition coefficient (Wildman–Crippen LogP) is 8.72. The van der Waals surface area contributed by atoms with Crippen molar-refractivity contribution in [1.29, 1.82) is 0 Å². The Morgan fingerprint density at radius 1 is 0.656 bits per heavy atom. The standard InChI is InChI=1S/C26H30ClFN4O2.C20H20ClFN2O2.CH4/c1-19(33)25-26(21-7-4-3-5-8-21,11-6-12-30-13-15-31(16-14-30)20(2)34)18-32(29-25)24-17-22(27)9-10-23(24)28;1-14(26)19-20(10-5-11-25,15-6-3-2-4-7-15)13-24(23-19)18-12-16(21)8-9-17(18)22;/h3-5,7-10,17H,6,11-16,18H2,1-2H3;2-4,6-9,12,25H,5,10-11,13H2,1H3;1H4. The molecule has 0 aliphatic carbocycles. The lowest BCUT2D eigenvalue weighted by Crippen LogP contribution is -2.48. The predicted molar refractivity (Wildman–Crippen MR) is 241 cm³/mol. The molecule has 3 heterocycles. The van der Waals surface area contributed by atoms with Gasteiger partial charge in [0, 0.05) is 63.6 Å². The molecule has 4 aromatic rings. The van der Waals surface area contributed by atoms with E-state index < -0.39 is 22.5 Å². The number of amides is 1. The highest BCUT2D eigenvalue weighted by Crippen LogP contribution is 2.42. The average molecular weight is 876 g/mol. The van der Waals surface area contributed by atoms with Crippen LogP contribution in [-0.2, 0) is 25.2 Å². The lowest BCUT2D eigenvalue weighted by atomic mass is 9.72. The first kappa shape index (κ1) is 47.0. The van der Waals surface area contributed by atoms with Crippen molar-refractivity contribution in [2.75, 3.05) is 62.4 Å². The molecule has 7 rings (SSSR count). The molecule has 0 radical (unpaired) electrons. The zero-order valence-electron chi connectivity index (χ0n) is 34.1. The smallest absolute Gasteiger partial charge is 0.219 e. The van der Waals surface area contributed by atoms with Crippen molar-refractivity contribution in [3.8, 4) is 0 Å². The van der Waals surface area contributed by atoms with Crippen LogP contribution in [0.4, 0.5) is 20.2 Å². The number of aliphatic hydroxyl groups is 1. The molecule has 0 saturated carbocycles. The lowest BCUT2D eigenvalue weighted by Gasteiger charge is -2.35. The number of benzene rings is 4. The summed E-state index contributed by atoms with van der Waals surface area (Å²) in [5, 5.41) is 22.3. The van der Waals surface area contributed by atoms with Crippen LogP contribution in [0.5, 0.6) is 0 Å². The summed E-state index contributed by atoms with van der Waals surface area (Å²) in [6.07, 6.45) is 2.58. The number of anilines is 2. The van der Waals surface area contributed by atoms with Gasteiger partial charge in [-0.1, -0.05) is 91.3 Å². The molecule has 0 bridgehead atoms. The Bertz CT molecular complexity index is 2240. The van der Waals surface area contributed by atoms with Gasteiger partial charge in [0.1, 0.15) is 23.1 Å². The molecule has 324 valence electrons. The highest BCUT2D eigenvalue weighted by molar-refractivity contribution is 6.44. The zero-order valence-corrected chi connectivity index (χ0v) is 35.6. The van der Waals surface area contributed by atoms with Gasteiger partial charge in [0.2, 0.25) is 5.91 Å². The third kappa shape index (κ3) is 10.5. The maximum atomic E-state index is 14.7. The number of hydrogen-bond acceptors (Lipinski definition) is 9. The fourth-order valence-corrected chi connectivity index (χ4v) is 8.88. The Morgan fingerprint density at radius 2 is 1.08 bits per heavy atom. The van der Waals surface area contributed by atoms with Crippen LogP contribution in [0, 0.1) is 11.6 Å². The van der Waals surface area contributed by atoms with Gasteiger partial charge in [-0.05, 0) is 79.8 Å². The average Bonchev–Trinajstić information content (AvgIpc) is 3.84. The second-order valence-electron chi connectivity index (χ2n) is 15.5. The van der Waals surface area contributed by atoms with Crippen LogP contribution in [0.2, 0.25) is 10.0 Å². The van der Waals surface area contributed by atoms with Crippen molar-refractivity contribution in [3.05, 3.63) is 130 Å². The van der Waals surface area contributed by atoms with Crippen molar-refractivity contribution in [2.45, 2.75) is 64.7 Å². The summed E-state index contributed by atoms with van der Waals surface area (Å²) in [5.41, 5.74) is 1.88. The van der Waals surface area contributed by atoms with E-state index in [-0.39, 0.29) is 42.9 Å². The molecule has 1 amide bonds. The van der Waals surface area contributed by atoms with Gasteiger partial charge >= 0.3 is 0 Å². The molecular formula is C47H54Cl2F2N6O4. The van der Waals surface area contributed by atoms with Gasteiger partial charge in [-0.3, -0.25) is 29.3 Å². The summed E-state index contributed by atoms with van der Waals surface area (Å²) in [6, 6.07) is 28.1. The number of Topliss-reactive ketones (excluding diaryl/α,β-unsaturated/α-hetero) is 2. The second kappa shape index (κ2) is 20.7. The van der Waals surface area contributed by atoms with Gasteiger partial charge in [-0.2, -0.15) is 10.2 Å². The molecule has 1 N–H and O–H groups in total. The number of hydrazone groups is 2. The van der Waals surface area contributed by atoms with Gasteiger partial charge < -0.3 is 10.0 Å². The maximum Gasteiger partial charge on any atom is 0.219 e. The largest absolute Gasteiger partial charge is 0.396 e. The van der Waals surface area contributed by atoms with E-state index in [1.165, 1.54) is 49.2 Å². The topological polar surface area (TPSA) is 109 Å². The molecule has 61 heavy (non-hydrogen) atoms. The first-order valence-corrected chi connectivity index (χ1v) is 20.9. The normalized spacial score (nSPS) is 20.0. The maximum absolute atomic E-state index is 14.7. The number of carbonyl (C=O) groups is 3. The molecule has 1 fully saturated rings. The first-order valence-electron chi connectivity index (χ1n) is 20.1. The molecule has 4 aromatic carbocycles. The van der Waals surface area contributed by atoms with Crippen LogP contribution in [0.3, 0.4) is 0 Å². The number of carbonyl (C=O) groups excluding carboxylic acids is 3. The van der Waals surface area contributed by atoms with Gasteiger partial charge in [-0.15, -0.1) is 0 Å². The van der Waals surface area contributed by atoms with E-state index in [4.69, 9.17) is 23.2 Å². The minimum Gasteiger partial charge on any atom is -0.396 e. The third-order valence-electron chi connectivity index (χ3n) is 11.5. The highest BCUT2D eigenvalue weighted by atomic mass is 35.5. The molecular weight excluding hydrogens is 821 g/mol. The molecule has 3 aliphatic heterocycles. The number of aliphatic hydroxyl groups excluding tert-OH is 1. The summed E-state index contributed by atoms with van der Waals surface area (Å²) in [5.74, 6) is -1.06. The van der Waals surface area contributed by atoms with Crippen molar-refractivity contribution in [2.24, 2.45) is 10.2 Å². The molecule has 2 atom stereocenters. The minimum absolute atomic E-state index is 0. The number of piperazine rings is 1. The Labute approximate surface area is 367 Å².